The number of aryl methyl sites for hydroxylation is 2. The van der Waals surface area contributed by atoms with Crippen LogP contribution in [0.4, 0.5) is 0 Å². The number of hydrogen-bond acceptors (Lipinski definition) is 4. The highest BCUT2D eigenvalue weighted by Crippen LogP contribution is 2.16. The van der Waals surface area contributed by atoms with Crippen molar-refractivity contribution in [1.29, 1.82) is 0 Å². The summed E-state index contributed by atoms with van der Waals surface area (Å²) >= 11 is 6.08. The quantitative estimate of drug-likeness (QED) is 0.596. The van der Waals surface area contributed by atoms with Crippen molar-refractivity contribution in [3.63, 3.8) is 0 Å². The molecular formula is C15H13ClN4O2. The molecule has 0 fully saturated rings. The van der Waals surface area contributed by atoms with Crippen LogP contribution < -0.4 is 5.43 Å². The Labute approximate surface area is 131 Å². The van der Waals surface area contributed by atoms with Gasteiger partial charge < -0.3 is 4.42 Å². The van der Waals surface area contributed by atoms with Gasteiger partial charge in [0.05, 0.1) is 11.8 Å². The predicted octanol–water partition coefficient (Wildman–Crippen LogP) is 2.96. The summed E-state index contributed by atoms with van der Waals surface area (Å²) in [5.41, 5.74) is 4.22. The topological polar surface area (TPSA) is 71.9 Å². The third-order valence-electron chi connectivity index (χ3n) is 3.16. The van der Waals surface area contributed by atoms with Gasteiger partial charge in [-0.2, -0.15) is 5.10 Å². The number of hydrogen-bond donors (Lipinski definition) is 1. The standard InChI is InChI=1S/C15H13ClN4O2/c1-9-7-11(10(2)22-9)15(21)19-17-8-12-14(16)18-13-5-3-4-6-20(12)13/h3-8H,1-2H3,(H,19,21). The highest BCUT2D eigenvalue weighted by molar-refractivity contribution is 6.32. The average molecular weight is 317 g/mol. The van der Waals surface area contributed by atoms with Crippen molar-refractivity contribution >= 4 is 29.4 Å². The Morgan fingerprint density at radius 2 is 2.27 bits per heavy atom. The van der Waals surface area contributed by atoms with Crippen LogP contribution in [0.5, 0.6) is 0 Å². The number of carbonyl (C=O) groups excluding carboxylic acids is 1. The van der Waals surface area contributed by atoms with E-state index in [-0.39, 0.29) is 5.91 Å². The van der Waals surface area contributed by atoms with Crippen molar-refractivity contribution in [2.75, 3.05) is 0 Å². The van der Waals surface area contributed by atoms with Crippen LogP contribution in [0.3, 0.4) is 0 Å². The molecule has 0 aromatic carbocycles. The van der Waals surface area contributed by atoms with E-state index >= 15 is 0 Å². The molecule has 0 atom stereocenters. The number of carbonyl (C=O) groups is 1. The van der Waals surface area contributed by atoms with E-state index in [9.17, 15) is 4.79 Å². The molecule has 3 heterocycles. The summed E-state index contributed by atoms with van der Waals surface area (Å²) in [4.78, 5) is 16.2. The fraction of sp³-hybridized carbons (Fsp3) is 0.133. The number of amides is 1. The number of halogens is 1. The van der Waals surface area contributed by atoms with E-state index in [0.717, 1.165) is 0 Å². The summed E-state index contributed by atoms with van der Waals surface area (Å²) in [6, 6.07) is 7.23. The molecule has 7 heteroatoms. The molecule has 0 aliphatic heterocycles. The van der Waals surface area contributed by atoms with Gasteiger partial charge in [-0.1, -0.05) is 17.7 Å². The predicted molar refractivity (Wildman–Crippen MR) is 83.4 cm³/mol. The van der Waals surface area contributed by atoms with Gasteiger partial charge in [0.25, 0.3) is 5.91 Å². The Bertz CT molecular complexity index is 879. The lowest BCUT2D eigenvalue weighted by Crippen LogP contribution is -2.18. The summed E-state index contributed by atoms with van der Waals surface area (Å²) in [6.45, 7) is 3.51. The van der Waals surface area contributed by atoms with Crippen LogP contribution >= 0.6 is 11.6 Å². The van der Waals surface area contributed by atoms with Gasteiger partial charge in [-0.25, -0.2) is 10.4 Å². The molecule has 0 aliphatic carbocycles. The molecule has 3 aromatic heterocycles. The second-order valence-corrected chi connectivity index (χ2v) is 5.10. The van der Waals surface area contributed by atoms with Gasteiger partial charge in [0.2, 0.25) is 0 Å². The van der Waals surface area contributed by atoms with E-state index in [1.165, 1.54) is 6.21 Å². The molecule has 1 amide bonds. The first-order valence-electron chi connectivity index (χ1n) is 6.59. The number of aromatic nitrogens is 2. The van der Waals surface area contributed by atoms with Crippen LogP contribution in [0.25, 0.3) is 5.65 Å². The first-order chi connectivity index (χ1) is 10.6. The van der Waals surface area contributed by atoms with Gasteiger partial charge >= 0.3 is 0 Å². The van der Waals surface area contributed by atoms with E-state index in [1.54, 1.807) is 24.3 Å². The fourth-order valence-electron chi connectivity index (χ4n) is 2.17. The van der Waals surface area contributed by atoms with Crippen molar-refractivity contribution in [2.24, 2.45) is 5.10 Å². The minimum atomic E-state index is -0.337. The Kier molecular flexibility index (Phi) is 3.68. The van der Waals surface area contributed by atoms with E-state index in [4.69, 9.17) is 16.0 Å². The van der Waals surface area contributed by atoms with E-state index in [2.05, 4.69) is 15.5 Å². The molecule has 0 radical (unpaired) electrons. The largest absolute Gasteiger partial charge is 0.466 e. The highest BCUT2D eigenvalue weighted by atomic mass is 35.5. The zero-order chi connectivity index (χ0) is 15.7. The van der Waals surface area contributed by atoms with E-state index in [0.29, 0.717) is 33.6 Å². The van der Waals surface area contributed by atoms with Crippen molar-refractivity contribution in [1.82, 2.24) is 14.8 Å². The molecule has 3 aromatic rings. The van der Waals surface area contributed by atoms with Crippen LogP contribution in [0.1, 0.15) is 27.6 Å². The highest BCUT2D eigenvalue weighted by Gasteiger charge is 2.13. The summed E-state index contributed by atoms with van der Waals surface area (Å²) in [5, 5.41) is 4.26. The lowest BCUT2D eigenvalue weighted by molar-refractivity contribution is 0.0953. The van der Waals surface area contributed by atoms with Gasteiger partial charge in [-0.15, -0.1) is 0 Å². The fourth-order valence-corrected chi connectivity index (χ4v) is 2.40. The van der Waals surface area contributed by atoms with Crippen LogP contribution in [-0.2, 0) is 0 Å². The summed E-state index contributed by atoms with van der Waals surface area (Å²) in [5.74, 6) is 0.894. The molecule has 22 heavy (non-hydrogen) atoms. The number of hydrazone groups is 1. The Morgan fingerprint density at radius 1 is 1.45 bits per heavy atom. The number of rotatable bonds is 3. The van der Waals surface area contributed by atoms with Crippen LogP contribution in [0.15, 0.2) is 40.0 Å². The van der Waals surface area contributed by atoms with Gasteiger partial charge in [-0.05, 0) is 32.0 Å². The molecule has 0 saturated carbocycles. The number of pyridine rings is 1. The molecule has 112 valence electrons. The van der Waals surface area contributed by atoms with Crippen molar-refractivity contribution < 1.29 is 9.21 Å². The van der Waals surface area contributed by atoms with Crippen LogP contribution in [0.2, 0.25) is 5.15 Å². The second-order valence-electron chi connectivity index (χ2n) is 4.74. The zero-order valence-corrected chi connectivity index (χ0v) is 12.8. The van der Waals surface area contributed by atoms with E-state index < -0.39 is 0 Å². The SMILES string of the molecule is Cc1cc(C(=O)NN=Cc2c(Cl)nc3ccccn23)c(C)o1. The third kappa shape index (κ3) is 2.60. The second kappa shape index (κ2) is 5.65. The molecule has 0 saturated heterocycles. The molecule has 1 N–H and O–H groups in total. The first-order valence-corrected chi connectivity index (χ1v) is 6.97. The van der Waals surface area contributed by atoms with Gasteiger partial charge in [0, 0.05) is 6.20 Å². The average Bonchev–Trinajstić information content (AvgIpc) is 2.98. The molecule has 0 unspecified atom stereocenters. The van der Waals surface area contributed by atoms with E-state index in [1.807, 2.05) is 24.4 Å². The molecule has 0 bridgehead atoms. The molecule has 3 rings (SSSR count). The monoisotopic (exact) mass is 316 g/mol. The summed E-state index contributed by atoms with van der Waals surface area (Å²) < 4.78 is 7.10. The lowest BCUT2D eigenvalue weighted by Gasteiger charge is -1.98. The lowest BCUT2D eigenvalue weighted by atomic mass is 10.2. The summed E-state index contributed by atoms with van der Waals surface area (Å²) in [6.07, 6.45) is 3.28. The van der Waals surface area contributed by atoms with Gasteiger partial charge in [0.15, 0.2) is 5.15 Å². The van der Waals surface area contributed by atoms with Crippen LogP contribution in [-0.4, -0.2) is 21.5 Å². The van der Waals surface area contributed by atoms with Crippen molar-refractivity contribution in [3.05, 3.63) is 58.4 Å². The normalized spacial score (nSPS) is 11.4. The third-order valence-corrected chi connectivity index (χ3v) is 3.44. The van der Waals surface area contributed by atoms with Crippen LogP contribution in [0, 0.1) is 13.8 Å². The number of nitrogens with one attached hydrogen (secondary N) is 1. The Balaban J connectivity index is 1.81. The molecular weight excluding hydrogens is 304 g/mol. The Morgan fingerprint density at radius 3 is 3.00 bits per heavy atom. The minimum absolute atomic E-state index is 0.319. The molecule has 6 nitrogen and oxygen atoms in total. The summed E-state index contributed by atoms with van der Waals surface area (Å²) in [7, 11) is 0. The molecule has 0 spiro atoms. The minimum Gasteiger partial charge on any atom is -0.466 e. The Hall–Kier alpha value is -2.60. The maximum Gasteiger partial charge on any atom is 0.274 e. The number of nitrogens with zero attached hydrogens (tertiary/aromatic N) is 3. The maximum atomic E-state index is 12.0. The van der Waals surface area contributed by atoms with Crippen molar-refractivity contribution in [2.45, 2.75) is 13.8 Å². The zero-order valence-electron chi connectivity index (χ0n) is 12.0. The number of furan rings is 1. The van der Waals surface area contributed by atoms with Gasteiger partial charge in [0.1, 0.15) is 22.9 Å². The first kappa shape index (κ1) is 14.3. The molecule has 0 aliphatic rings. The number of imidazole rings is 1. The smallest absolute Gasteiger partial charge is 0.274 e. The number of fused-ring (bicyclic) bond motifs is 1. The van der Waals surface area contributed by atoms with Gasteiger partial charge in [-0.3, -0.25) is 9.20 Å². The maximum absolute atomic E-state index is 12.0. The van der Waals surface area contributed by atoms with Crippen molar-refractivity contribution in [3.8, 4) is 0 Å².